The van der Waals surface area contributed by atoms with Gasteiger partial charge in [-0.25, -0.2) is 4.39 Å². The Kier molecular flexibility index (Phi) is 5.60. The normalized spacial score (nSPS) is 18.7. The van der Waals surface area contributed by atoms with Gasteiger partial charge in [0, 0.05) is 12.0 Å². The third kappa shape index (κ3) is 4.63. The molecular weight excluding hydrogens is 331 g/mol. The fourth-order valence-corrected chi connectivity index (χ4v) is 3.30. The van der Waals surface area contributed by atoms with Gasteiger partial charge < -0.3 is 9.47 Å². The smallest absolute Gasteiger partial charge is 0.305 e. The molecule has 0 amide bonds. The van der Waals surface area contributed by atoms with Crippen molar-refractivity contribution in [2.45, 2.75) is 39.2 Å². The van der Waals surface area contributed by atoms with Gasteiger partial charge >= 0.3 is 5.97 Å². The van der Waals surface area contributed by atoms with Crippen LogP contribution in [-0.2, 0) is 16.0 Å². The lowest BCUT2D eigenvalue weighted by molar-refractivity contribution is -0.141. The average Bonchev–Trinajstić information content (AvgIpc) is 3.34. The molecule has 26 heavy (non-hydrogen) atoms. The molecule has 3 nitrogen and oxygen atoms in total. The maximum atomic E-state index is 14.2. The van der Waals surface area contributed by atoms with Crippen LogP contribution in [0.5, 0.6) is 5.75 Å². The SMILES string of the molecule is COC(=O)C[C@@H]1C[C@H]1Cc1ccc(-c2cc(OC(C)C)ccc2F)cc1. The highest BCUT2D eigenvalue weighted by Gasteiger charge is 2.38. The van der Waals surface area contributed by atoms with E-state index in [1.807, 2.05) is 38.1 Å². The zero-order valence-electron chi connectivity index (χ0n) is 15.5. The molecule has 4 heteroatoms. The molecule has 0 saturated heterocycles. The minimum absolute atomic E-state index is 0.0483. The van der Waals surface area contributed by atoms with E-state index in [0.29, 0.717) is 29.6 Å². The lowest BCUT2D eigenvalue weighted by atomic mass is 10.0. The molecule has 1 aliphatic rings. The number of ether oxygens (including phenoxy) is 2. The summed E-state index contributed by atoms with van der Waals surface area (Å²) in [6, 6.07) is 12.8. The molecule has 1 fully saturated rings. The van der Waals surface area contributed by atoms with Crippen molar-refractivity contribution in [3.05, 3.63) is 53.8 Å². The number of rotatable bonds is 7. The summed E-state index contributed by atoms with van der Waals surface area (Å²) in [5.41, 5.74) is 2.59. The number of carbonyl (C=O) groups is 1. The van der Waals surface area contributed by atoms with E-state index in [1.54, 1.807) is 12.1 Å². The molecule has 0 unspecified atom stereocenters. The third-order valence-electron chi connectivity index (χ3n) is 4.80. The number of benzene rings is 2. The van der Waals surface area contributed by atoms with E-state index < -0.39 is 0 Å². The van der Waals surface area contributed by atoms with Gasteiger partial charge in [0.1, 0.15) is 11.6 Å². The maximum Gasteiger partial charge on any atom is 0.305 e. The van der Waals surface area contributed by atoms with E-state index in [9.17, 15) is 9.18 Å². The van der Waals surface area contributed by atoms with Gasteiger partial charge in [0.25, 0.3) is 0 Å². The molecule has 0 heterocycles. The van der Waals surface area contributed by atoms with Crippen LogP contribution < -0.4 is 4.74 Å². The molecule has 0 N–H and O–H groups in total. The van der Waals surface area contributed by atoms with Gasteiger partial charge in [-0.3, -0.25) is 4.79 Å². The number of hydrogen-bond donors (Lipinski definition) is 0. The van der Waals surface area contributed by atoms with Gasteiger partial charge in [0.15, 0.2) is 0 Å². The van der Waals surface area contributed by atoms with Crippen LogP contribution >= 0.6 is 0 Å². The first-order valence-corrected chi connectivity index (χ1v) is 9.08. The lowest BCUT2D eigenvalue weighted by Gasteiger charge is -2.12. The largest absolute Gasteiger partial charge is 0.491 e. The van der Waals surface area contributed by atoms with Crippen molar-refractivity contribution < 1.29 is 18.7 Å². The molecule has 0 aliphatic heterocycles. The standard InChI is InChI=1S/C22H25FO3/c1-14(2)26-19-8-9-21(23)20(13-19)16-6-4-15(5-7-16)10-17-11-18(17)12-22(24)25-3/h4-9,13-14,17-18H,10-12H2,1-3H3/t17-,18+/m1/s1. The second-order valence-corrected chi connectivity index (χ2v) is 7.25. The van der Waals surface area contributed by atoms with Crippen molar-refractivity contribution in [1.29, 1.82) is 0 Å². The van der Waals surface area contributed by atoms with Crippen molar-refractivity contribution in [1.82, 2.24) is 0 Å². The fourth-order valence-electron chi connectivity index (χ4n) is 3.30. The summed E-state index contributed by atoms with van der Waals surface area (Å²) in [4.78, 5) is 11.3. The highest BCUT2D eigenvalue weighted by atomic mass is 19.1. The van der Waals surface area contributed by atoms with Crippen LogP contribution in [0.25, 0.3) is 11.1 Å². The molecule has 0 radical (unpaired) electrons. The molecular formula is C22H25FO3. The molecule has 1 aliphatic carbocycles. The first-order valence-electron chi connectivity index (χ1n) is 9.08. The third-order valence-corrected chi connectivity index (χ3v) is 4.80. The first kappa shape index (κ1) is 18.4. The Morgan fingerprint density at radius 1 is 1.15 bits per heavy atom. The highest BCUT2D eigenvalue weighted by Crippen LogP contribution is 2.43. The van der Waals surface area contributed by atoms with Crippen LogP contribution in [0.1, 0.15) is 32.3 Å². The Labute approximate surface area is 154 Å². The molecule has 2 aromatic carbocycles. The summed E-state index contributed by atoms with van der Waals surface area (Å²) >= 11 is 0. The monoisotopic (exact) mass is 356 g/mol. The van der Waals surface area contributed by atoms with Crippen molar-refractivity contribution in [2.24, 2.45) is 11.8 Å². The maximum absolute atomic E-state index is 14.2. The van der Waals surface area contributed by atoms with Crippen LogP contribution in [-0.4, -0.2) is 19.2 Å². The van der Waals surface area contributed by atoms with Crippen LogP contribution in [0.3, 0.4) is 0 Å². The summed E-state index contributed by atoms with van der Waals surface area (Å²) in [5.74, 6) is 1.26. The summed E-state index contributed by atoms with van der Waals surface area (Å²) < 4.78 is 24.6. The number of carbonyl (C=O) groups excluding carboxylic acids is 1. The second-order valence-electron chi connectivity index (χ2n) is 7.25. The molecule has 0 aromatic heterocycles. The zero-order valence-corrected chi connectivity index (χ0v) is 15.5. The van der Waals surface area contributed by atoms with E-state index in [4.69, 9.17) is 9.47 Å². The summed E-state index contributed by atoms with van der Waals surface area (Å²) in [5, 5.41) is 0. The van der Waals surface area contributed by atoms with E-state index in [1.165, 1.54) is 18.7 Å². The molecule has 0 spiro atoms. The predicted molar refractivity (Wildman–Crippen MR) is 99.5 cm³/mol. The highest BCUT2D eigenvalue weighted by molar-refractivity contribution is 5.70. The number of esters is 1. The molecule has 0 bridgehead atoms. The molecule has 3 rings (SSSR count). The summed E-state index contributed by atoms with van der Waals surface area (Å²) in [6.07, 6.45) is 2.57. The van der Waals surface area contributed by atoms with Crippen LogP contribution in [0.2, 0.25) is 0 Å². The van der Waals surface area contributed by atoms with E-state index in [2.05, 4.69) is 0 Å². The molecule has 2 aromatic rings. The minimum atomic E-state index is -0.255. The first-order chi connectivity index (χ1) is 12.5. The molecule has 1 saturated carbocycles. The Balaban J connectivity index is 1.66. The predicted octanol–water partition coefficient (Wildman–Crippen LogP) is 5.02. The Morgan fingerprint density at radius 2 is 1.88 bits per heavy atom. The Bertz CT molecular complexity index is 767. The fraction of sp³-hybridized carbons (Fsp3) is 0.409. The van der Waals surface area contributed by atoms with Gasteiger partial charge in [-0.1, -0.05) is 24.3 Å². The molecule has 138 valence electrons. The topological polar surface area (TPSA) is 35.5 Å². The molecule has 2 atom stereocenters. The average molecular weight is 356 g/mol. The van der Waals surface area contributed by atoms with Crippen LogP contribution in [0.15, 0.2) is 42.5 Å². The Morgan fingerprint density at radius 3 is 2.54 bits per heavy atom. The summed E-state index contributed by atoms with van der Waals surface area (Å²) in [7, 11) is 1.43. The van der Waals surface area contributed by atoms with Crippen molar-refractivity contribution >= 4 is 5.97 Å². The minimum Gasteiger partial charge on any atom is -0.491 e. The van der Waals surface area contributed by atoms with Gasteiger partial charge in [-0.2, -0.15) is 0 Å². The van der Waals surface area contributed by atoms with E-state index in [-0.39, 0.29) is 17.9 Å². The van der Waals surface area contributed by atoms with Gasteiger partial charge in [0.05, 0.1) is 13.2 Å². The van der Waals surface area contributed by atoms with Crippen LogP contribution in [0.4, 0.5) is 4.39 Å². The van der Waals surface area contributed by atoms with Crippen LogP contribution in [0, 0.1) is 17.7 Å². The number of hydrogen-bond acceptors (Lipinski definition) is 3. The van der Waals surface area contributed by atoms with Gasteiger partial charge in [0.2, 0.25) is 0 Å². The summed E-state index contributed by atoms with van der Waals surface area (Å²) in [6.45, 7) is 3.90. The quantitative estimate of drug-likeness (QED) is 0.653. The van der Waals surface area contributed by atoms with E-state index in [0.717, 1.165) is 18.4 Å². The Hall–Kier alpha value is -2.36. The zero-order chi connectivity index (χ0) is 18.7. The second kappa shape index (κ2) is 7.90. The number of halogens is 1. The van der Waals surface area contributed by atoms with E-state index >= 15 is 0 Å². The lowest BCUT2D eigenvalue weighted by Crippen LogP contribution is -2.05. The van der Waals surface area contributed by atoms with Crippen molar-refractivity contribution in [3.8, 4) is 16.9 Å². The number of methoxy groups -OCH3 is 1. The van der Waals surface area contributed by atoms with Gasteiger partial charge in [-0.15, -0.1) is 0 Å². The van der Waals surface area contributed by atoms with Crippen molar-refractivity contribution in [3.63, 3.8) is 0 Å². The van der Waals surface area contributed by atoms with Gasteiger partial charge in [-0.05, 0) is 67.9 Å². The van der Waals surface area contributed by atoms with Crippen molar-refractivity contribution in [2.75, 3.05) is 7.11 Å².